The summed E-state index contributed by atoms with van der Waals surface area (Å²) in [6.07, 6.45) is 0. The maximum Gasteiger partial charge on any atom is 0.126 e. The van der Waals surface area contributed by atoms with Gasteiger partial charge in [-0.15, -0.1) is 0 Å². The van der Waals surface area contributed by atoms with Gasteiger partial charge in [0.15, 0.2) is 0 Å². The van der Waals surface area contributed by atoms with E-state index in [0.29, 0.717) is 35.4 Å². The maximum absolute atomic E-state index is 6.06. The quantitative estimate of drug-likeness (QED) is 0.789. The van der Waals surface area contributed by atoms with Gasteiger partial charge < -0.3 is 19.5 Å². The van der Waals surface area contributed by atoms with Crippen LogP contribution in [0.15, 0.2) is 42.5 Å². The monoisotopic (exact) mass is 307 g/mol. The Morgan fingerprint density at radius 2 is 1.57 bits per heavy atom. The molecule has 0 saturated heterocycles. The lowest BCUT2D eigenvalue weighted by Crippen LogP contribution is -2.11. The third kappa shape index (κ3) is 4.46. The molecule has 0 amide bonds. The Hall–Kier alpha value is -2.07. The van der Waals surface area contributed by atoms with Crippen LogP contribution in [0.3, 0.4) is 0 Å². The van der Waals surface area contributed by atoms with E-state index in [4.69, 9.17) is 25.8 Å². The van der Waals surface area contributed by atoms with Crippen molar-refractivity contribution in [2.45, 2.75) is 0 Å². The van der Waals surface area contributed by atoms with E-state index in [0.717, 1.165) is 5.69 Å². The summed E-state index contributed by atoms with van der Waals surface area (Å²) in [5.74, 6) is 2.10. The van der Waals surface area contributed by atoms with Crippen molar-refractivity contribution in [3.63, 3.8) is 0 Å². The summed E-state index contributed by atoms with van der Waals surface area (Å²) in [6, 6.07) is 13.0. The van der Waals surface area contributed by atoms with Crippen LogP contribution in [-0.4, -0.2) is 27.4 Å². The third-order valence-electron chi connectivity index (χ3n) is 2.89. The zero-order valence-corrected chi connectivity index (χ0v) is 12.8. The summed E-state index contributed by atoms with van der Waals surface area (Å²) in [5.41, 5.74) is 0.894. The highest BCUT2D eigenvalue weighted by molar-refractivity contribution is 6.33. The molecule has 0 aliphatic carbocycles. The lowest BCUT2D eigenvalue weighted by molar-refractivity contribution is 0.324. The van der Waals surface area contributed by atoms with Gasteiger partial charge in [-0.25, -0.2) is 0 Å². The number of nitrogens with one attached hydrogen (secondary N) is 1. The molecular weight excluding hydrogens is 290 g/mol. The molecule has 1 N–H and O–H groups in total. The first-order valence-electron chi connectivity index (χ1n) is 6.57. The molecule has 0 spiro atoms. The van der Waals surface area contributed by atoms with Crippen LogP contribution in [-0.2, 0) is 0 Å². The second kappa shape index (κ2) is 7.64. The Morgan fingerprint density at radius 3 is 2.19 bits per heavy atom. The highest BCUT2D eigenvalue weighted by Gasteiger charge is 2.03. The van der Waals surface area contributed by atoms with E-state index >= 15 is 0 Å². The lowest BCUT2D eigenvalue weighted by Gasteiger charge is -2.11. The molecular formula is C16H18ClNO3. The molecule has 0 unspecified atom stereocenters. The van der Waals surface area contributed by atoms with Crippen LogP contribution in [0, 0.1) is 0 Å². The van der Waals surface area contributed by atoms with Gasteiger partial charge in [0.25, 0.3) is 0 Å². The predicted octanol–water partition coefficient (Wildman–Crippen LogP) is 3.85. The van der Waals surface area contributed by atoms with E-state index in [-0.39, 0.29) is 0 Å². The van der Waals surface area contributed by atoms with Crippen molar-refractivity contribution in [2.75, 3.05) is 32.7 Å². The highest BCUT2D eigenvalue weighted by Crippen LogP contribution is 2.27. The van der Waals surface area contributed by atoms with Crippen LogP contribution < -0.4 is 19.5 Å². The van der Waals surface area contributed by atoms with E-state index in [1.165, 1.54) is 0 Å². The molecule has 0 aromatic heterocycles. The lowest BCUT2D eigenvalue weighted by atomic mass is 10.3. The predicted molar refractivity (Wildman–Crippen MR) is 85.0 cm³/mol. The number of methoxy groups -OCH3 is 2. The largest absolute Gasteiger partial charge is 0.496 e. The van der Waals surface area contributed by atoms with Gasteiger partial charge in [0.1, 0.15) is 23.9 Å². The number of ether oxygens (including phenoxy) is 3. The van der Waals surface area contributed by atoms with Crippen LogP contribution >= 0.6 is 11.6 Å². The van der Waals surface area contributed by atoms with Gasteiger partial charge >= 0.3 is 0 Å². The molecule has 2 aromatic carbocycles. The number of benzene rings is 2. The molecule has 0 aliphatic heterocycles. The zero-order chi connectivity index (χ0) is 15.1. The fourth-order valence-corrected chi connectivity index (χ4v) is 2.03. The second-order valence-corrected chi connectivity index (χ2v) is 4.71. The average molecular weight is 308 g/mol. The molecule has 0 heterocycles. The minimum atomic E-state index is 0.502. The van der Waals surface area contributed by atoms with E-state index in [9.17, 15) is 0 Å². The molecule has 0 saturated carbocycles. The van der Waals surface area contributed by atoms with Crippen molar-refractivity contribution in [3.05, 3.63) is 47.5 Å². The third-order valence-corrected chi connectivity index (χ3v) is 3.21. The first-order chi connectivity index (χ1) is 10.2. The van der Waals surface area contributed by atoms with Crippen molar-refractivity contribution in [2.24, 2.45) is 0 Å². The topological polar surface area (TPSA) is 39.7 Å². The molecule has 0 atom stereocenters. The fraction of sp³-hybridized carbons (Fsp3) is 0.250. The number of hydrogen-bond acceptors (Lipinski definition) is 4. The van der Waals surface area contributed by atoms with E-state index in [1.54, 1.807) is 20.3 Å². The first-order valence-corrected chi connectivity index (χ1v) is 6.95. The van der Waals surface area contributed by atoms with Gasteiger partial charge in [-0.2, -0.15) is 0 Å². The number of para-hydroxylation sites is 1. The Labute approximate surface area is 129 Å². The van der Waals surface area contributed by atoms with Gasteiger partial charge in [-0.1, -0.05) is 23.7 Å². The van der Waals surface area contributed by atoms with E-state index in [1.807, 2.05) is 36.4 Å². The summed E-state index contributed by atoms with van der Waals surface area (Å²) in [6.45, 7) is 1.14. The van der Waals surface area contributed by atoms with Crippen LogP contribution in [0.1, 0.15) is 0 Å². The zero-order valence-electron chi connectivity index (χ0n) is 12.1. The van der Waals surface area contributed by atoms with Crippen molar-refractivity contribution in [1.82, 2.24) is 0 Å². The van der Waals surface area contributed by atoms with Gasteiger partial charge in [-0.3, -0.25) is 0 Å². The summed E-state index contributed by atoms with van der Waals surface area (Å²) >= 11 is 6.06. The highest BCUT2D eigenvalue weighted by atomic mass is 35.5. The molecule has 2 aromatic rings. The molecule has 4 nitrogen and oxygen atoms in total. The first kappa shape index (κ1) is 15.3. The minimum absolute atomic E-state index is 0.502. The normalized spacial score (nSPS) is 10.0. The van der Waals surface area contributed by atoms with Crippen LogP contribution in [0.2, 0.25) is 5.02 Å². The SMILES string of the molecule is COc1cc(OC)cc(OCCNc2ccccc2Cl)c1. The summed E-state index contributed by atoms with van der Waals surface area (Å²) in [7, 11) is 3.22. The molecule has 0 bridgehead atoms. The van der Waals surface area contributed by atoms with Gasteiger partial charge in [0, 0.05) is 24.7 Å². The molecule has 0 aliphatic rings. The fourth-order valence-electron chi connectivity index (χ4n) is 1.82. The molecule has 2 rings (SSSR count). The smallest absolute Gasteiger partial charge is 0.126 e. The summed E-state index contributed by atoms with van der Waals surface area (Å²) < 4.78 is 16.1. The van der Waals surface area contributed by atoms with Crippen LogP contribution in [0.25, 0.3) is 0 Å². The van der Waals surface area contributed by atoms with Gasteiger partial charge in [0.2, 0.25) is 0 Å². The number of rotatable bonds is 7. The number of anilines is 1. The van der Waals surface area contributed by atoms with Crippen molar-refractivity contribution in [3.8, 4) is 17.2 Å². The molecule has 0 fully saturated rings. The number of hydrogen-bond donors (Lipinski definition) is 1. The Balaban J connectivity index is 1.87. The van der Waals surface area contributed by atoms with Crippen molar-refractivity contribution < 1.29 is 14.2 Å². The molecule has 5 heteroatoms. The Kier molecular flexibility index (Phi) is 5.58. The summed E-state index contributed by atoms with van der Waals surface area (Å²) in [4.78, 5) is 0. The molecule has 112 valence electrons. The average Bonchev–Trinajstić information content (AvgIpc) is 2.52. The second-order valence-electron chi connectivity index (χ2n) is 4.30. The van der Waals surface area contributed by atoms with E-state index < -0.39 is 0 Å². The van der Waals surface area contributed by atoms with Crippen molar-refractivity contribution in [1.29, 1.82) is 0 Å². The summed E-state index contributed by atoms with van der Waals surface area (Å²) in [5, 5.41) is 3.92. The maximum atomic E-state index is 6.06. The van der Waals surface area contributed by atoms with Crippen LogP contribution in [0.4, 0.5) is 5.69 Å². The number of halogens is 1. The minimum Gasteiger partial charge on any atom is -0.496 e. The Bertz CT molecular complexity index is 567. The van der Waals surface area contributed by atoms with Crippen molar-refractivity contribution >= 4 is 17.3 Å². The molecule has 0 radical (unpaired) electrons. The standard InChI is InChI=1S/C16H18ClNO3/c1-19-12-9-13(20-2)11-14(10-12)21-8-7-18-16-6-4-3-5-15(16)17/h3-6,9-11,18H,7-8H2,1-2H3. The molecule has 21 heavy (non-hydrogen) atoms. The van der Waals surface area contributed by atoms with Crippen LogP contribution in [0.5, 0.6) is 17.2 Å². The van der Waals surface area contributed by atoms with Gasteiger partial charge in [0.05, 0.1) is 24.9 Å². The Morgan fingerprint density at radius 1 is 0.952 bits per heavy atom. The van der Waals surface area contributed by atoms with Gasteiger partial charge in [-0.05, 0) is 12.1 Å². The van der Waals surface area contributed by atoms with E-state index in [2.05, 4.69) is 5.32 Å².